The first-order chi connectivity index (χ1) is 14.8. The first-order valence-corrected chi connectivity index (χ1v) is 9.67. The fourth-order valence-electron chi connectivity index (χ4n) is 3.36. The van der Waals surface area contributed by atoms with Gasteiger partial charge in [-0.15, -0.1) is 0 Å². The summed E-state index contributed by atoms with van der Waals surface area (Å²) >= 11 is 0. The van der Waals surface area contributed by atoms with Crippen LogP contribution in [-0.2, 0) is 11.0 Å². The maximum Gasteiger partial charge on any atom is 0.416 e. The normalized spacial score (nSPS) is 15.8. The summed E-state index contributed by atoms with van der Waals surface area (Å²) in [5, 5.41) is 9.62. The van der Waals surface area contributed by atoms with Crippen LogP contribution in [0.25, 0.3) is 0 Å². The third-order valence-electron chi connectivity index (χ3n) is 5.13. The summed E-state index contributed by atoms with van der Waals surface area (Å²) < 4.78 is 48.3. The number of hydrogen-bond donors (Lipinski definition) is 0. The van der Waals surface area contributed by atoms with E-state index >= 15 is 0 Å². The minimum Gasteiger partial charge on any atom is -0.497 e. The summed E-state index contributed by atoms with van der Waals surface area (Å²) in [4.78, 5) is 16.0. The molecule has 9 heteroatoms. The molecule has 1 unspecified atom stereocenters. The van der Waals surface area contributed by atoms with Crippen LogP contribution in [0.3, 0.4) is 0 Å². The van der Waals surface area contributed by atoms with Gasteiger partial charge in [0.25, 0.3) is 5.91 Å². The number of halogens is 3. The van der Waals surface area contributed by atoms with E-state index in [4.69, 9.17) is 9.47 Å². The number of piperazine rings is 1. The number of methoxy groups -OCH3 is 1. The number of ether oxygens (including phenoxy) is 2. The van der Waals surface area contributed by atoms with Gasteiger partial charge in [0.05, 0.1) is 18.7 Å². The van der Waals surface area contributed by atoms with Gasteiger partial charge in [-0.05, 0) is 42.0 Å². The average Bonchev–Trinajstić information content (AvgIpc) is 2.78. The van der Waals surface area contributed by atoms with Crippen LogP contribution in [0, 0.1) is 11.3 Å². The van der Waals surface area contributed by atoms with Gasteiger partial charge in [-0.3, -0.25) is 9.69 Å². The lowest BCUT2D eigenvalue weighted by Crippen LogP contribution is -2.50. The largest absolute Gasteiger partial charge is 0.497 e. The lowest BCUT2D eigenvalue weighted by molar-refractivity contribution is -0.138. The molecule has 0 N–H and O–H groups in total. The van der Waals surface area contributed by atoms with E-state index in [2.05, 4.69) is 6.07 Å². The van der Waals surface area contributed by atoms with Gasteiger partial charge in [0.2, 0.25) is 0 Å². The van der Waals surface area contributed by atoms with E-state index < -0.39 is 17.8 Å². The van der Waals surface area contributed by atoms with Crippen molar-refractivity contribution in [3.8, 4) is 17.6 Å². The van der Waals surface area contributed by atoms with E-state index in [0.717, 1.165) is 17.7 Å². The Labute approximate surface area is 178 Å². The van der Waals surface area contributed by atoms with E-state index in [1.165, 1.54) is 12.1 Å². The zero-order chi connectivity index (χ0) is 22.4. The highest BCUT2D eigenvalue weighted by atomic mass is 19.4. The van der Waals surface area contributed by atoms with Crippen LogP contribution in [0.1, 0.15) is 17.2 Å². The predicted octanol–water partition coefficient (Wildman–Crippen LogP) is 3.50. The van der Waals surface area contributed by atoms with E-state index in [0.29, 0.717) is 31.9 Å². The molecule has 1 saturated heterocycles. The fraction of sp³-hybridized carbons (Fsp3) is 0.364. The second kappa shape index (κ2) is 9.71. The van der Waals surface area contributed by atoms with Crippen LogP contribution >= 0.6 is 0 Å². The zero-order valence-electron chi connectivity index (χ0n) is 16.9. The topological polar surface area (TPSA) is 65.8 Å². The van der Waals surface area contributed by atoms with Crippen molar-refractivity contribution >= 4 is 5.91 Å². The Balaban J connectivity index is 1.50. The van der Waals surface area contributed by atoms with Crippen LogP contribution in [0.5, 0.6) is 11.5 Å². The van der Waals surface area contributed by atoms with E-state index in [1.54, 1.807) is 24.1 Å². The predicted molar refractivity (Wildman–Crippen MR) is 106 cm³/mol. The molecule has 1 fully saturated rings. The molecule has 3 rings (SSSR count). The number of carbonyl (C=O) groups excluding carboxylic acids is 1. The molecule has 0 saturated carbocycles. The Morgan fingerprint density at radius 1 is 1.03 bits per heavy atom. The average molecular weight is 433 g/mol. The van der Waals surface area contributed by atoms with Crippen LogP contribution in [0.4, 0.5) is 13.2 Å². The number of rotatable bonds is 6. The molecule has 1 atom stereocenters. The summed E-state index contributed by atoms with van der Waals surface area (Å²) in [6.07, 6.45) is -4.42. The molecule has 0 aromatic heterocycles. The van der Waals surface area contributed by atoms with E-state index in [1.807, 2.05) is 17.0 Å². The van der Waals surface area contributed by atoms with Crippen molar-refractivity contribution in [2.45, 2.75) is 12.2 Å². The van der Waals surface area contributed by atoms with Crippen molar-refractivity contribution in [2.24, 2.45) is 0 Å². The Kier molecular flexibility index (Phi) is 7.02. The van der Waals surface area contributed by atoms with Crippen molar-refractivity contribution in [2.75, 3.05) is 39.9 Å². The highest BCUT2D eigenvalue weighted by molar-refractivity contribution is 5.77. The van der Waals surface area contributed by atoms with Crippen LogP contribution in [-0.4, -0.2) is 55.6 Å². The third-order valence-corrected chi connectivity index (χ3v) is 5.13. The molecule has 2 aromatic carbocycles. The van der Waals surface area contributed by atoms with Crippen molar-refractivity contribution in [3.05, 3.63) is 59.7 Å². The van der Waals surface area contributed by atoms with Gasteiger partial charge in [-0.25, -0.2) is 0 Å². The van der Waals surface area contributed by atoms with E-state index in [9.17, 15) is 23.2 Å². The molecule has 1 amide bonds. The van der Waals surface area contributed by atoms with Crippen molar-refractivity contribution in [3.63, 3.8) is 0 Å². The molecule has 0 spiro atoms. The van der Waals surface area contributed by atoms with Crippen molar-refractivity contribution in [1.82, 2.24) is 9.80 Å². The van der Waals surface area contributed by atoms with Gasteiger partial charge in [0, 0.05) is 26.2 Å². The summed E-state index contributed by atoms with van der Waals surface area (Å²) in [5.74, 6) is 0.658. The summed E-state index contributed by atoms with van der Waals surface area (Å²) in [6.45, 7) is 1.66. The molecule has 2 aromatic rings. The number of nitrogens with zero attached hydrogens (tertiary/aromatic N) is 3. The fourth-order valence-corrected chi connectivity index (χ4v) is 3.36. The monoisotopic (exact) mass is 433 g/mol. The Bertz CT molecular complexity index is 916. The molecule has 6 nitrogen and oxygen atoms in total. The van der Waals surface area contributed by atoms with Gasteiger partial charge in [0.1, 0.15) is 17.5 Å². The molecule has 164 valence electrons. The molecular weight excluding hydrogens is 411 g/mol. The molecule has 1 aliphatic rings. The van der Waals surface area contributed by atoms with E-state index in [-0.39, 0.29) is 18.3 Å². The molecule has 1 aliphatic heterocycles. The Hall–Kier alpha value is -3.25. The first kappa shape index (κ1) is 22.4. The molecule has 0 bridgehead atoms. The van der Waals surface area contributed by atoms with Gasteiger partial charge in [0.15, 0.2) is 6.61 Å². The first-order valence-electron chi connectivity index (χ1n) is 9.67. The maximum absolute atomic E-state index is 12.6. The highest BCUT2D eigenvalue weighted by Gasteiger charge is 2.30. The lowest BCUT2D eigenvalue weighted by atomic mass is 10.1. The minimum absolute atomic E-state index is 0.198. The zero-order valence-corrected chi connectivity index (χ0v) is 16.9. The maximum atomic E-state index is 12.6. The molecular formula is C22H22F3N3O3. The van der Waals surface area contributed by atoms with Gasteiger partial charge < -0.3 is 14.4 Å². The molecule has 31 heavy (non-hydrogen) atoms. The summed E-state index contributed by atoms with van der Waals surface area (Å²) in [7, 11) is 1.58. The highest BCUT2D eigenvalue weighted by Crippen LogP contribution is 2.30. The number of hydrogen-bond acceptors (Lipinski definition) is 5. The van der Waals surface area contributed by atoms with Gasteiger partial charge in [-0.2, -0.15) is 18.4 Å². The SMILES string of the molecule is COc1ccc(C(C#N)N2CCN(C(=O)COc3ccc(C(F)(F)F)cc3)CC2)cc1. The summed E-state index contributed by atoms with van der Waals surface area (Å²) in [5.41, 5.74) is 0.0833. The van der Waals surface area contributed by atoms with Crippen molar-refractivity contribution < 1.29 is 27.4 Å². The molecule has 0 radical (unpaired) electrons. The number of nitriles is 1. The number of carbonyl (C=O) groups is 1. The second-order valence-electron chi connectivity index (χ2n) is 7.03. The van der Waals surface area contributed by atoms with Gasteiger partial charge in [-0.1, -0.05) is 12.1 Å². The quantitative estimate of drug-likeness (QED) is 0.698. The molecule has 1 heterocycles. The standard InChI is InChI=1S/C22H22F3N3O3/c1-30-18-6-2-16(3-7-18)20(14-26)27-10-12-28(13-11-27)21(29)15-31-19-8-4-17(5-9-19)22(23,24)25/h2-9,20H,10-13,15H2,1H3. The smallest absolute Gasteiger partial charge is 0.416 e. The number of amides is 1. The van der Waals surface area contributed by atoms with Crippen molar-refractivity contribution in [1.29, 1.82) is 5.26 Å². The van der Waals surface area contributed by atoms with Crippen LogP contribution < -0.4 is 9.47 Å². The Morgan fingerprint density at radius 2 is 1.61 bits per heavy atom. The summed E-state index contributed by atoms with van der Waals surface area (Å²) in [6, 6.07) is 13.4. The van der Waals surface area contributed by atoms with Crippen LogP contribution in [0.15, 0.2) is 48.5 Å². The molecule has 0 aliphatic carbocycles. The lowest BCUT2D eigenvalue weighted by Gasteiger charge is -2.37. The minimum atomic E-state index is -4.42. The van der Waals surface area contributed by atoms with Gasteiger partial charge >= 0.3 is 6.18 Å². The Morgan fingerprint density at radius 3 is 2.13 bits per heavy atom. The third kappa shape index (κ3) is 5.67. The number of benzene rings is 2. The van der Waals surface area contributed by atoms with Crippen LogP contribution in [0.2, 0.25) is 0 Å². The number of alkyl halides is 3. The second-order valence-corrected chi connectivity index (χ2v) is 7.03.